The predicted molar refractivity (Wildman–Crippen MR) is 79.0 cm³/mol. The topological polar surface area (TPSA) is 58.2 Å². The van der Waals surface area contributed by atoms with Gasteiger partial charge < -0.3 is 10.6 Å². The maximum absolute atomic E-state index is 11.9. The van der Waals surface area contributed by atoms with Gasteiger partial charge in [-0.25, -0.2) is 0 Å². The van der Waals surface area contributed by atoms with Gasteiger partial charge in [0.25, 0.3) is 0 Å². The fourth-order valence-corrected chi connectivity index (χ4v) is 3.02. The Morgan fingerprint density at radius 2 is 2.26 bits per heavy atom. The van der Waals surface area contributed by atoms with E-state index in [-0.39, 0.29) is 23.5 Å². The summed E-state index contributed by atoms with van der Waals surface area (Å²) in [5.41, 5.74) is 0.459. The minimum Gasteiger partial charge on any atom is -0.354 e. The molecule has 1 atom stereocenters. The molecule has 2 rings (SSSR count). The molecule has 0 aromatic heterocycles. The Hall–Kier alpha value is -0.910. The van der Waals surface area contributed by atoms with Gasteiger partial charge in [0.1, 0.15) is 0 Å². The number of nitrogens with one attached hydrogen (secondary N) is 2. The second kappa shape index (κ2) is 6.50. The molecule has 4 nitrogen and oxygen atoms in total. The molecule has 0 radical (unpaired) electrons. The molecular formula is C12H12Cl2N2O2S. The Bertz CT molecular complexity index is 511. The van der Waals surface area contributed by atoms with Crippen LogP contribution in [0.3, 0.4) is 0 Å². The maximum Gasteiger partial charge on any atom is 0.233 e. The van der Waals surface area contributed by atoms with Gasteiger partial charge in [0.2, 0.25) is 11.8 Å². The summed E-state index contributed by atoms with van der Waals surface area (Å²) in [5, 5.41) is 5.97. The fourth-order valence-electron chi connectivity index (χ4n) is 1.68. The highest BCUT2D eigenvalue weighted by Crippen LogP contribution is 2.26. The lowest BCUT2D eigenvalue weighted by Gasteiger charge is -2.21. The molecule has 1 saturated heterocycles. The minimum absolute atomic E-state index is 0.0939. The van der Waals surface area contributed by atoms with E-state index in [9.17, 15) is 9.59 Å². The first-order valence-corrected chi connectivity index (χ1v) is 7.51. The van der Waals surface area contributed by atoms with Crippen molar-refractivity contribution < 1.29 is 9.59 Å². The first kappa shape index (κ1) is 14.5. The van der Waals surface area contributed by atoms with Crippen molar-refractivity contribution in [2.24, 2.45) is 0 Å². The molecule has 19 heavy (non-hydrogen) atoms. The summed E-state index contributed by atoms with van der Waals surface area (Å²) in [6.07, 6.45) is 0.124. The molecule has 1 aliphatic rings. The number of rotatable bonds is 3. The second-order valence-electron chi connectivity index (χ2n) is 4.03. The normalized spacial score (nSPS) is 18.8. The number of amides is 2. The lowest BCUT2D eigenvalue weighted by molar-refractivity contribution is -0.123. The van der Waals surface area contributed by atoms with Crippen LogP contribution in [0.1, 0.15) is 6.42 Å². The number of carbonyl (C=O) groups is 2. The number of carbonyl (C=O) groups excluding carboxylic acids is 2. The summed E-state index contributed by atoms with van der Waals surface area (Å²) in [6.45, 7) is 0.655. The van der Waals surface area contributed by atoms with Crippen molar-refractivity contribution in [3.63, 3.8) is 0 Å². The van der Waals surface area contributed by atoms with Gasteiger partial charge in [0, 0.05) is 23.7 Å². The molecule has 2 amide bonds. The predicted octanol–water partition coefficient (Wildman–Crippen LogP) is 2.55. The van der Waals surface area contributed by atoms with Gasteiger partial charge in [-0.05, 0) is 18.2 Å². The van der Waals surface area contributed by atoms with Gasteiger partial charge in [-0.15, -0.1) is 11.8 Å². The van der Waals surface area contributed by atoms with Crippen molar-refractivity contribution in [1.29, 1.82) is 0 Å². The Morgan fingerprint density at radius 1 is 1.47 bits per heavy atom. The van der Waals surface area contributed by atoms with E-state index in [1.54, 1.807) is 18.2 Å². The van der Waals surface area contributed by atoms with E-state index >= 15 is 0 Å². The SMILES string of the molecule is O=C(CC1SCCNC1=O)Nc1cc(Cl)ccc1Cl. The molecule has 1 aromatic rings. The van der Waals surface area contributed by atoms with Crippen LogP contribution in [0.2, 0.25) is 10.0 Å². The maximum atomic E-state index is 11.9. The second-order valence-corrected chi connectivity index (χ2v) is 6.18. The Kier molecular flexibility index (Phi) is 4.96. The highest BCUT2D eigenvalue weighted by atomic mass is 35.5. The Labute approximate surface area is 125 Å². The molecule has 2 N–H and O–H groups in total. The van der Waals surface area contributed by atoms with Crippen molar-refractivity contribution in [3.05, 3.63) is 28.2 Å². The summed E-state index contributed by atoms with van der Waals surface area (Å²) in [5.74, 6) is 0.476. The first-order valence-electron chi connectivity index (χ1n) is 5.70. The summed E-state index contributed by atoms with van der Waals surface area (Å²) in [6, 6.07) is 4.83. The molecule has 102 valence electrons. The Balaban J connectivity index is 1.97. The van der Waals surface area contributed by atoms with Crippen LogP contribution >= 0.6 is 35.0 Å². The molecule has 1 heterocycles. The van der Waals surface area contributed by atoms with E-state index in [0.717, 1.165) is 5.75 Å². The third-order valence-electron chi connectivity index (χ3n) is 2.59. The van der Waals surface area contributed by atoms with E-state index in [1.165, 1.54) is 11.8 Å². The third kappa shape index (κ3) is 4.03. The zero-order valence-electron chi connectivity index (χ0n) is 9.91. The highest BCUT2D eigenvalue weighted by Gasteiger charge is 2.25. The largest absolute Gasteiger partial charge is 0.354 e. The van der Waals surface area contributed by atoms with Crippen LogP contribution in [0, 0.1) is 0 Å². The monoisotopic (exact) mass is 318 g/mol. The molecule has 1 fully saturated rings. The first-order chi connectivity index (χ1) is 9.06. The van der Waals surface area contributed by atoms with Gasteiger partial charge in [0.15, 0.2) is 0 Å². The number of hydrogen-bond donors (Lipinski definition) is 2. The molecule has 1 unspecified atom stereocenters. The average Bonchev–Trinajstić information content (AvgIpc) is 2.37. The molecule has 0 spiro atoms. The smallest absolute Gasteiger partial charge is 0.233 e. The van der Waals surface area contributed by atoms with Crippen LogP contribution in [-0.2, 0) is 9.59 Å². The number of benzene rings is 1. The van der Waals surface area contributed by atoms with E-state index in [0.29, 0.717) is 22.3 Å². The zero-order valence-corrected chi connectivity index (χ0v) is 12.2. The average molecular weight is 319 g/mol. The number of anilines is 1. The summed E-state index contributed by atoms with van der Waals surface area (Å²) >= 11 is 13.3. The van der Waals surface area contributed by atoms with Crippen molar-refractivity contribution in [2.45, 2.75) is 11.7 Å². The number of thioether (sulfide) groups is 1. The molecule has 1 aromatic carbocycles. The molecule has 0 aliphatic carbocycles. The lowest BCUT2D eigenvalue weighted by Crippen LogP contribution is -2.40. The van der Waals surface area contributed by atoms with Gasteiger partial charge in [0.05, 0.1) is 16.0 Å². The Morgan fingerprint density at radius 3 is 3.00 bits per heavy atom. The highest BCUT2D eigenvalue weighted by molar-refractivity contribution is 8.00. The van der Waals surface area contributed by atoms with Gasteiger partial charge >= 0.3 is 0 Å². The van der Waals surface area contributed by atoms with Crippen LogP contribution in [-0.4, -0.2) is 29.4 Å². The van der Waals surface area contributed by atoms with Crippen LogP contribution in [0.5, 0.6) is 0 Å². The molecule has 1 aliphatic heterocycles. The summed E-state index contributed by atoms with van der Waals surface area (Å²) < 4.78 is 0. The van der Waals surface area contributed by atoms with Crippen molar-refractivity contribution in [3.8, 4) is 0 Å². The van der Waals surface area contributed by atoms with Gasteiger partial charge in [-0.1, -0.05) is 23.2 Å². The standard InChI is InChI=1S/C12H12Cl2N2O2S/c13-7-1-2-8(14)9(5-7)16-11(17)6-10-12(18)15-3-4-19-10/h1-2,5,10H,3-4,6H2,(H,15,18)(H,16,17). The van der Waals surface area contributed by atoms with Gasteiger partial charge in [-0.3, -0.25) is 9.59 Å². The van der Waals surface area contributed by atoms with E-state index in [1.807, 2.05) is 0 Å². The van der Waals surface area contributed by atoms with Crippen LogP contribution in [0.25, 0.3) is 0 Å². The quantitative estimate of drug-likeness (QED) is 0.900. The van der Waals surface area contributed by atoms with E-state index in [4.69, 9.17) is 23.2 Å². The van der Waals surface area contributed by atoms with Crippen LogP contribution in [0.4, 0.5) is 5.69 Å². The zero-order chi connectivity index (χ0) is 13.8. The molecule has 7 heteroatoms. The molecule has 0 bridgehead atoms. The van der Waals surface area contributed by atoms with Crippen molar-refractivity contribution in [2.75, 3.05) is 17.6 Å². The van der Waals surface area contributed by atoms with Crippen LogP contribution in [0.15, 0.2) is 18.2 Å². The van der Waals surface area contributed by atoms with Gasteiger partial charge in [-0.2, -0.15) is 0 Å². The number of hydrogen-bond acceptors (Lipinski definition) is 3. The third-order valence-corrected chi connectivity index (χ3v) is 4.37. The number of halogens is 2. The van der Waals surface area contributed by atoms with Crippen molar-refractivity contribution >= 4 is 52.5 Å². The summed E-state index contributed by atoms with van der Waals surface area (Å²) in [7, 11) is 0. The molecule has 0 saturated carbocycles. The van der Waals surface area contributed by atoms with E-state index in [2.05, 4.69) is 10.6 Å². The fraction of sp³-hybridized carbons (Fsp3) is 0.333. The van der Waals surface area contributed by atoms with Crippen molar-refractivity contribution in [1.82, 2.24) is 5.32 Å². The summed E-state index contributed by atoms with van der Waals surface area (Å²) in [4.78, 5) is 23.4. The minimum atomic E-state index is -0.341. The lowest BCUT2D eigenvalue weighted by atomic mass is 10.2. The van der Waals surface area contributed by atoms with E-state index < -0.39 is 0 Å². The van der Waals surface area contributed by atoms with Crippen LogP contribution < -0.4 is 10.6 Å². The molecular weight excluding hydrogens is 307 g/mol.